The molecule has 1 unspecified atom stereocenters. The van der Waals surface area contributed by atoms with Gasteiger partial charge in [-0.15, -0.1) is 19.0 Å². The number of rotatable bonds is 9. The molecule has 2 aromatic heterocycles. The Morgan fingerprint density at radius 2 is 2.03 bits per heavy atom. The van der Waals surface area contributed by atoms with E-state index in [2.05, 4.69) is 42.7 Å². The van der Waals surface area contributed by atoms with E-state index >= 15 is 0 Å². The number of carbonyl (C=O) groups is 1. The van der Waals surface area contributed by atoms with Gasteiger partial charge in [0.2, 0.25) is 0 Å². The highest BCUT2D eigenvalue weighted by Gasteiger charge is 2.32. The van der Waals surface area contributed by atoms with E-state index in [1.54, 1.807) is 25.3 Å². The molecular formula is C25H31BrClN5O5S. The largest absolute Gasteiger partial charge is 0.494 e. The van der Waals surface area contributed by atoms with Gasteiger partial charge in [-0.25, -0.2) is 8.42 Å². The summed E-state index contributed by atoms with van der Waals surface area (Å²) in [7, 11) is -0.195. The van der Waals surface area contributed by atoms with Crippen molar-refractivity contribution in [2.24, 2.45) is 0 Å². The van der Waals surface area contributed by atoms with Gasteiger partial charge < -0.3 is 25.0 Å². The molecule has 3 N–H and O–H groups in total. The maximum atomic E-state index is 13.4. The van der Waals surface area contributed by atoms with E-state index in [9.17, 15) is 18.3 Å². The number of sulfone groups is 1. The molecule has 1 amide bonds. The van der Waals surface area contributed by atoms with E-state index in [1.165, 1.54) is 18.3 Å². The molecule has 206 valence electrons. The Kier molecular flexibility index (Phi) is 9.96. The number of fused-ring (bicyclic) bond motifs is 1. The molecule has 1 fully saturated rings. The number of aromatic hydroxyl groups is 1. The second kappa shape index (κ2) is 12.6. The first-order valence-corrected chi connectivity index (χ1v) is 14.1. The third kappa shape index (κ3) is 6.05. The summed E-state index contributed by atoms with van der Waals surface area (Å²) in [4.78, 5) is 24.1. The zero-order valence-electron chi connectivity index (χ0n) is 21.1. The molecule has 10 nitrogen and oxygen atoms in total. The number of nitrogens with zero attached hydrogens (tertiary/aromatic N) is 3. The molecule has 3 aromatic rings. The summed E-state index contributed by atoms with van der Waals surface area (Å²) >= 11 is 3.41. The van der Waals surface area contributed by atoms with Gasteiger partial charge in [0.05, 0.1) is 33.8 Å². The van der Waals surface area contributed by atoms with Crippen molar-refractivity contribution in [3.8, 4) is 17.1 Å². The highest BCUT2D eigenvalue weighted by Crippen LogP contribution is 2.38. The molecule has 1 aliphatic heterocycles. The van der Waals surface area contributed by atoms with Crippen LogP contribution >= 0.6 is 28.3 Å². The predicted octanol–water partition coefficient (Wildman–Crippen LogP) is 3.03. The number of hydrogen-bond donors (Lipinski definition) is 3. The molecule has 1 saturated heterocycles. The number of piperazine rings is 1. The molecule has 13 heteroatoms. The Hall–Kier alpha value is -2.48. The van der Waals surface area contributed by atoms with Gasteiger partial charge in [0.15, 0.2) is 15.7 Å². The van der Waals surface area contributed by atoms with Crippen molar-refractivity contribution in [1.29, 1.82) is 0 Å². The molecule has 0 saturated carbocycles. The molecule has 1 aliphatic rings. The average molecular weight is 629 g/mol. The Morgan fingerprint density at radius 1 is 1.32 bits per heavy atom. The van der Waals surface area contributed by atoms with Crippen LogP contribution in [-0.2, 0) is 14.6 Å². The zero-order chi connectivity index (χ0) is 26.7. The molecule has 0 bridgehead atoms. The molecule has 0 aliphatic carbocycles. The molecule has 0 spiro atoms. The average Bonchev–Trinajstić information content (AvgIpc) is 3.19. The first-order chi connectivity index (χ1) is 17.7. The minimum absolute atomic E-state index is 0. The van der Waals surface area contributed by atoms with E-state index in [4.69, 9.17) is 4.74 Å². The maximum absolute atomic E-state index is 13.4. The fourth-order valence-corrected chi connectivity index (χ4v) is 6.50. The van der Waals surface area contributed by atoms with Crippen molar-refractivity contribution < 1.29 is 23.1 Å². The van der Waals surface area contributed by atoms with E-state index in [-0.39, 0.29) is 29.1 Å². The predicted molar refractivity (Wildman–Crippen MR) is 153 cm³/mol. The zero-order valence-corrected chi connectivity index (χ0v) is 24.3. The van der Waals surface area contributed by atoms with E-state index in [0.29, 0.717) is 58.4 Å². The Bertz CT molecular complexity index is 1410. The number of likely N-dealkylation sites (N-methyl/N-ethyl adjacent to an activating group) is 1. The topological polar surface area (TPSA) is 128 Å². The number of nitrogens with one attached hydrogen (secondary N) is 2. The quantitative estimate of drug-likeness (QED) is 0.244. The summed E-state index contributed by atoms with van der Waals surface area (Å²) in [6, 6.07) is 6.40. The standard InChI is InChI=1S/C25H30BrN5O5S.ClH/c1-4-22(31-10-8-30(2)9-11-31)37(34,35)16-5-6-20(28-15-16)23-18-13-17(24(32)27-7-12-36-3)19(26)14-21(18)29-25(23)33;/h4-6,13-15,22,29,33H,1,7-12H2,2-3H3,(H,27,32);1H. The summed E-state index contributed by atoms with van der Waals surface area (Å²) < 4.78 is 32.3. The summed E-state index contributed by atoms with van der Waals surface area (Å²) in [5.74, 6) is -0.436. The second-order valence-corrected chi connectivity index (χ2v) is 11.8. The summed E-state index contributed by atoms with van der Waals surface area (Å²) in [5.41, 5.74) is 1.71. The van der Waals surface area contributed by atoms with Crippen molar-refractivity contribution in [2.45, 2.75) is 10.3 Å². The lowest BCUT2D eigenvalue weighted by atomic mass is 10.1. The van der Waals surface area contributed by atoms with Crippen LogP contribution in [0.25, 0.3) is 22.2 Å². The van der Waals surface area contributed by atoms with Crippen molar-refractivity contribution in [3.05, 3.63) is 53.2 Å². The van der Waals surface area contributed by atoms with Crippen LogP contribution in [0.5, 0.6) is 5.88 Å². The minimum atomic E-state index is -3.75. The first kappa shape index (κ1) is 30.1. The Labute approximate surface area is 236 Å². The highest BCUT2D eigenvalue weighted by atomic mass is 79.9. The minimum Gasteiger partial charge on any atom is -0.494 e. The molecule has 0 radical (unpaired) electrons. The van der Waals surface area contributed by atoms with Gasteiger partial charge in [-0.1, -0.05) is 6.08 Å². The number of hydrogen-bond acceptors (Lipinski definition) is 8. The fourth-order valence-electron chi connectivity index (χ4n) is 4.38. The second-order valence-electron chi connectivity index (χ2n) is 8.86. The number of carbonyl (C=O) groups excluding carboxylic acids is 1. The van der Waals surface area contributed by atoms with Crippen LogP contribution in [-0.4, -0.2) is 98.1 Å². The number of aromatic nitrogens is 2. The third-order valence-electron chi connectivity index (χ3n) is 6.44. The fraction of sp³-hybridized carbons (Fsp3) is 0.360. The van der Waals surface area contributed by atoms with Crippen LogP contribution in [0.4, 0.5) is 0 Å². The van der Waals surface area contributed by atoms with Crippen molar-refractivity contribution in [1.82, 2.24) is 25.1 Å². The smallest absolute Gasteiger partial charge is 0.252 e. The lowest BCUT2D eigenvalue weighted by Crippen LogP contribution is -2.50. The van der Waals surface area contributed by atoms with E-state index < -0.39 is 15.2 Å². The van der Waals surface area contributed by atoms with Crippen LogP contribution in [0.3, 0.4) is 0 Å². The molecular weight excluding hydrogens is 598 g/mol. The van der Waals surface area contributed by atoms with Crippen molar-refractivity contribution in [2.75, 3.05) is 53.5 Å². The van der Waals surface area contributed by atoms with Gasteiger partial charge in [-0.05, 0) is 47.2 Å². The Balaban J connectivity index is 0.00000400. The van der Waals surface area contributed by atoms with Crippen LogP contribution in [0, 0.1) is 0 Å². The number of halogens is 2. The number of aromatic amines is 1. The lowest BCUT2D eigenvalue weighted by molar-refractivity contribution is 0.0936. The van der Waals surface area contributed by atoms with Crippen molar-refractivity contribution >= 4 is 55.0 Å². The van der Waals surface area contributed by atoms with Crippen LogP contribution < -0.4 is 5.32 Å². The molecule has 38 heavy (non-hydrogen) atoms. The van der Waals surface area contributed by atoms with Crippen LogP contribution in [0.1, 0.15) is 10.4 Å². The number of methoxy groups -OCH3 is 1. The number of amides is 1. The molecule has 1 aromatic carbocycles. The third-order valence-corrected chi connectivity index (χ3v) is 9.12. The summed E-state index contributed by atoms with van der Waals surface area (Å²) in [5, 5.41) is 13.2. The molecule has 1 atom stereocenters. The normalized spacial score (nSPS) is 15.7. The van der Waals surface area contributed by atoms with Gasteiger partial charge in [0.25, 0.3) is 5.91 Å². The number of H-pyrrole nitrogens is 1. The van der Waals surface area contributed by atoms with Gasteiger partial charge in [0, 0.05) is 55.9 Å². The van der Waals surface area contributed by atoms with E-state index in [0.717, 1.165) is 13.1 Å². The monoisotopic (exact) mass is 627 g/mol. The summed E-state index contributed by atoms with van der Waals surface area (Å²) in [6.45, 7) is 7.30. The van der Waals surface area contributed by atoms with E-state index in [1.807, 2.05) is 11.9 Å². The SMILES string of the molecule is C=CC(N1CCN(C)CC1)S(=O)(=O)c1ccc(-c2c(O)[nH]c3cc(Br)c(C(=O)NCCOC)cc23)nc1.Cl. The van der Waals surface area contributed by atoms with Crippen LogP contribution in [0.2, 0.25) is 0 Å². The maximum Gasteiger partial charge on any atom is 0.252 e. The Morgan fingerprint density at radius 3 is 2.63 bits per heavy atom. The number of ether oxygens (including phenoxy) is 1. The van der Waals surface area contributed by atoms with Crippen LogP contribution in [0.15, 0.2) is 52.5 Å². The van der Waals surface area contributed by atoms with Crippen molar-refractivity contribution in [3.63, 3.8) is 0 Å². The summed E-state index contributed by atoms with van der Waals surface area (Å²) in [6.07, 6.45) is 2.75. The lowest BCUT2D eigenvalue weighted by Gasteiger charge is -2.36. The van der Waals surface area contributed by atoms with Gasteiger partial charge in [0.1, 0.15) is 5.37 Å². The number of benzene rings is 1. The van der Waals surface area contributed by atoms with Gasteiger partial charge in [-0.2, -0.15) is 0 Å². The van der Waals surface area contributed by atoms with Gasteiger partial charge >= 0.3 is 0 Å². The number of pyridine rings is 1. The highest BCUT2D eigenvalue weighted by molar-refractivity contribution is 9.10. The molecule has 4 rings (SSSR count). The van der Waals surface area contributed by atoms with Gasteiger partial charge in [-0.3, -0.25) is 14.7 Å². The molecule has 3 heterocycles. The first-order valence-electron chi connectivity index (χ1n) is 11.7.